The summed E-state index contributed by atoms with van der Waals surface area (Å²) in [6.07, 6.45) is 0. The molecule has 2 amide bonds. The van der Waals surface area contributed by atoms with Gasteiger partial charge in [0.25, 0.3) is 17.5 Å². The summed E-state index contributed by atoms with van der Waals surface area (Å²) >= 11 is 0. The average molecular weight is 191 g/mol. The van der Waals surface area contributed by atoms with Crippen molar-refractivity contribution in [3.05, 3.63) is 39.4 Å². The smallest absolute Gasteiger partial charge is 0.267 e. The summed E-state index contributed by atoms with van der Waals surface area (Å²) in [4.78, 5) is 31.8. The number of nitrogens with zero attached hydrogens (tertiary/aromatic N) is 2. The van der Waals surface area contributed by atoms with E-state index in [1.165, 1.54) is 12.1 Å². The van der Waals surface area contributed by atoms with Crippen LogP contribution in [0.4, 0.5) is 5.69 Å². The van der Waals surface area contributed by atoms with E-state index in [1.54, 1.807) is 0 Å². The Kier molecular flexibility index (Phi) is 1.57. The Labute approximate surface area is 77.7 Å². The van der Waals surface area contributed by atoms with Gasteiger partial charge >= 0.3 is 0 Å². The molecule has 1 aliphatic rings. The zero-order valence-electron chi connectivity index (χ0n) is 6.76. The first kappa shape index (κ1) is 8.36. The first-order chi connectivity index (χ1) is 6.59. The second-order valence-corrected chi connectivity index (χ2v) is 2.71. The van der Waals surface area contributed by atoms with E-state index in [9.17, 15) is 19.7 Å². The molecule has 2 rings (SSSR count). The summed E-state index contributed by atoms with van der Waals surface area (Å²) in [6.45, 7) is 0. The average Bonchev–Trinajstić information content (AvgIpc) is 2.42. The SMILES string of the molecule is O=C1[N]C(=O)c2cc([N+](=O)[O-])ccc21. The molecule has 0 saturated carbocycles. The monoisotopic (exact) mass is 191 g/mol. The number of non-ortho nitro benzene ring substituents is 1. The lowest BCUT2D eigenvalue weighted by Crippen LogP contribution is -2.10. The minimum Gasteiger partial charge on any atom is -0.267 e. The summed E-state index contributed by atoms with van der Waals surface area (Å²) in [5, 5.41) is 13.5. The van der Waals surface area contributed by atoms with Crippen LogP contribution in [0.25, 0.3) is 0 Å². The minimum atomic E-state index is -0.714. The van der Waals surface area contributed by atoms with Crippen LogP contribution < -0.4 is 5.32 Å². The topological polar surface area (TPSA) is 91.4 Å². The third-order valence-corrected chi connectivity index (χ3v) is 1.88. The van der Waals surface area contributed by atoms with Crippen molar-refractivity contribution < 1.29 is 14.5 Å². The van der Waals surface area contributed by atoms with Gasteiger partial charge in [0, 0.05) is 12.1 Å². The standard InChI is InChI=1S/C8H3N2O4/c11-7-5-2-1-4(10(13)14)3-6(5)8(12)9-7/h1-3H. The van der Waals surface area contributed by atoms with Gasteiger partial charge in [-0.1, -0.05) is 0 Å². The molecule has 0 unspecified atom stereocenters. The molecule has 1 aromatic carbocycles. The quantitative estimate of drug-likeness (QED) is 0.367. The highest BCUT2D eigenvalue weighted by Crippen LogP contribution is 2.22. The summed E-state index contributed by atoms with van der Waals surface area (Å²) < 4.78 is 0. The predicted octanol–water partition coefficient (Wildman–Crippen LogP) is 0.493. The van der Waals surface area contributed by atoms with E-state index in [0.29, 0.717) is 0 Å². The maximum Gasteiger partial charge on any atom is 0.281 e. The fraction of sp³-hybridized carbons (Fsp3) is 0. The molecule has 0 bridgehead atoms. The van der Waals surface area contributed by atoms with Crippen LogP contribution in [0.3, 0.4) is 0 Å². The molecule has 0 aromatic heterocycles. The molecule has 1 heterocycles. The molecule has 0 saturated heterocycles. The number of imide groups is 1. The van der Waals surface area contributed by atoms with E-state index in [4.69, 9.17) is 0 Å². The molecular weight excluding hydrogens is 188 g/mol. The van der Waals surface area contributed by atoms with Gasteiger partial charge < -0.3 is 0 Å². The van der Waals surface area contributed by atoms with Crippen molar-refractivity contribution in [1.82, 2.24) is 5.32 Å². The van der Waals surface area contributed by atoms with Gasteiger partial charge in [-0.2, -0.15) is 5.32 Å². The molecule has 0 aliphatic carbocycles. The predicted molar refractivity (Wildman–Crippen MR) is 43.9 cm³/mol. The van der Waals surface area contributed by atoms with Crippen molar-refractivity contribution in [1.29, 1.82) is 0 Å². The van der Waals surface area contributed by atoms with E-state index >= 15 is 0 Å². The molecule has 0 fully saturated rings. The fourth-order valence-electron chi connectivity index (χ4n) is 1.22. The number of fused-ring (bicyclic) bond motifs is 1. The second kappa shape index (κ2) is 2.63. The highest BCUT2D eigenvalue weighted by Gasteiger charge is 2.30. The molecule has 1 aliphatic heterocycles. The van der Waals surface area contributed by atoms with Crippen LogP contribution in [-0.2, 0) is 0 Å². The minimum absolute atomic E-state index is 0.00389. The molecular formula is C8H3N2O4. The Morgan fingerprint density at radius 1 is 1.14 bits per heavy atom. The Bertz CT molecular complexity index is 466. The number of benzene rings is 1. The second-order valence-electron chi connectivity index (χ2n) is 2.71. The first-order valence-corrected chi connectivity index (χ1v) is 3.68. The fourth-order valence-corrected chi connectivity index (χ4v) is 1.22. The van der Waals surface area contributed by atoms with Crippen molar-refractivity contribution in [3.63, 3.8) is 0 Å². The van der Waals surface area contributed by atoms with Crippen LogP contribution in [0, 0.1) is 10.1 Å². The Morgan fingerprint density at radius 3 is 2.43 bits per heavy atom. The van der Waals surface area contributed by atoms with Crippen molar-refractivity contribution in [2.45, 2.75) is 0 Å². The Balaban J connectivity index is 2.61. The van der Waals surface area contributed by atoms with Crippen molar-refractivity contribution in [2.24, 2.45) is 0 Å². The lowest BCUT2D eigenvalue weighted by molar-refractivity contribution is -0.384. The highest BCUT2D eigenvalue weighted by molar-refractivity contribution is 6.21. The summed E-state index contributed by atoms with van der Waals surface area (Å²) in [5.74, 6) is -1.35. The number of hydrogen-bond acceptors (Lipinski definition) is 4. The van der Waals surface area contributed by atoms with Gasteiger partial charge in [-0.15, -0.1) is 0 Å². The number of rotatable bonds is 1. The molecule has 0 spiro atoms. The number of hydrogen-bond donors (Lipinski definition) is 0. The van der Waals surface area contributed by atoms with E-state index in [-0.39, 0.29) is 16.8 Å². The normalized spacial score (nSPS) is 13.7. The summed E-state index contributed by atoms with van der Waals surface area (Å²) in [7, 11) is 0. The van der Waals surface area contributed by atoms with E-state index < -0.39 is 16.7 Å². The lowest BCUT2D eigenvalue weighted by atomic mass is 10.1. The van der Waals surface area contributed by atoms with Crippen LogP contribution in [0.15, 0.2) is 18.2 Å². The number of carbonyl (C=O) groups is 2. The number of carbonyl (C=O) groups excluding carboxylic acids is 2. The van der Waals surface area contributed by atoms with Crippen LogP contribution in [0.2, 0.25) is 0 Å². The van der Waals surface area contributed by atoms with Crippen LogP contribution in [0.5, 0.6) is 0 Å². The van der Waals surface area contributed by atoms with Gasteiger partial charge in [0.1, 0.15) is 0 Å². The maximum atomic E-state index is 11.0. The van der Waals surface area contributed by atoms with Gasteiger partial charge in [0.2, 0.25) is 0 Å². The zero-order chi connectivity index (χ0) is 10.3. The van der Waals surface area contributed by atoms with Crippen LogP contribution in [-0.4, -0.2) is 16.7 Å². The third kappa shape index (κ3) is 1.05. The van der Waals surface area contributed by atoms with Crippen LogP contribution >= 0.6 is 0 Å². The van der Waals surface area contributed by atoms with Crippen molar-refractivity contribution >= 4 is 17.5 Å². The molecule has 1 radical (unpaired) electrons. The van der Waals surface area contributed by atoms with Gasteiger partial charge in [-0.25, -0.2) is 0 Å². The Hall–Kier alpha value is -2.24. The summed E-state index contributed by atoms with van der Waals surface area (Å²) in [5.41, 5.74) is -0.0909. The first-order valence-electron chi connectivity index (χ1n) is 3.68. The van der Waals surface area contributed by atoms with Crippen molar-refractivity contribution in [2.75, 3.05) is 0 Å². The third-order valence-electron chi connectivity index (χ3n) is 1.88. The molecule has 6 heteroatoms. The zero-order valence-corrected chi connectivity index (χ0v) is 6.76. The van der Waals surface area contributed by atoms with Crippen molar-refractivity contribution in [3.8, 4) is 0 Å². The molecule has 1 aromatic rings. The van der Waals surface area contributed by atoms with Gasteiger partial charge in [-0.05, 0) is 6.07 Å². The van der Waals surface area contributed by atoms with Gasteiger partial charge in [0.15, 0.2) is 0 Å². The maximum absolute atomic E-state index is 11.0. The molecule has 0 N–H and O–H groups in total. The molecule has 6 nitrogen and oxygen atoms in total. The molecule has 14 heavy (non-hydrogen) atoms. The summed E-state index contributed by atoms with van der Waals surface area (Å²) in [6, 6.07) is 3.47. The lowest BCUT2D eigenvalue weighted by Gasteiger charge is -1.93. The van der Waals surface area contributed by atoms with Gasteiger partial charge in [-0.3, -0.25) is 19.7 Å². The van der Waals surface area contributed by atoms with E-state index in [0.717, 1.165) is 6.07 Å². The number of amides is 2. The highest BCUT2D eigenvalue weighted by atomic mass is 16.6. The van der Waals surface area contributed by atoms with Crippen LogP contribution in [0.1, 0.15) is 20.7 Å². The largest absolute Gasteiger partial charge is 0.281 e. The Morgan fingerprint density at radius 2 is 1.79 bits per heavy atom. The van der Waals surface area contributed by atoms with Gasteiger partial charge in [0.05, 0.1) is 16.1 Å². The number of nitro groups is 1. The van der Waals surface area contributed by atoms with E-state index in [1.807, 2.05) is 0 Å². The number of nitro benzene ring substituents is 1. The molecule has 69 valence electrons. The van der Waals surface area contributed by atoms with E-state index in [2.05, 4.69) is 5.32 Å². The molecule has 0 atom stereocenters.